The summed E-state index contributed by atoms with van der Waals surface area (Å²) in [6, 6.07) is 3.74. The first-order chi connectivity index (χ1) is 7.43. The summed E-state index contributed by atoms with van der Waals surface area (Å²) in [7, 11) is 1.37. The summed E-state index contributed by atoms with van der Waals surface area (Å²) < 4.78 is 5.00. The number of hydrogen-bond donors (Lipinski definition) is 1. The largest absolute Gasteiger partial charge is 0.479 e. The lowest BCUT2D eigenvalue weighted by Gasteiger charge is -2.29. The van der Waals surface area contributed by atoms with Gasteiger partial charge in [0.05, 0.1) is 5.56 Å². The van der Waals surface area contributed by atoms with E-state index >= 15 is 0 Å². The zero-order valence-electron chi connectivity index (χ0n) is 9.35. The van der Waals surface area contributed by atoms with E-state index in [0.29, 0.717) is 5.56 Å². The number of hydrogen-bond acceptors (Lipinski definition) is 4. The summed E-state index contributed by atoms with van der Waals surface area (Å²) in [5, 5.41) is 19.5. The molecular weight excluding hydrogens is 226 g/mol. The minimum atomic E-state index is -1.00. The van der Waals surface area contributed by atoms with Gasteiger partial charge in [-0.25, -0.2) is 4.79 Å². The van der Waals surface area contributed by atoms with Crippen LogP contribution < -0.4 is 0 Å². The van der Waals surface area contributed by atoms with E-state index < -0.39 is 17.5 Å². The first-order valence-corrected chi connectivity index (χ1v) is 5.56. The van der Waals surface area contributed by atoms with Crippen molar-refractivity contribution in [3.8, 4) is 6.07 Å². The zero-order valence-corrected chi connectivity index (χ0v) is 10.2. The molecule has 1 rings (SSSR count). The molecule has 0 spiro atoms. The maximum absolute atomic E-state index is 11.0. The number of aliphatic carboxylic acids is 1. The van der Waals surface area contributed by atoms with E-state index in [-0.39, 0.29) is 0 Å². The van der Waals surface area contributed by atoms with Crippen molar-refractivity contribution in [3.05, 3.63) is 21.9 Å². The van der Waals surface area contributed by atoms with E-state index in [0.717, 1.165) is 4.88 Å². The molecule has 0 saturated heterocycles. The Bertz CT molecular complexity index is 431. The van der Waals surface area contributed by atoms with Crippen LogP contribution >= 0.6 is 11.3 Å². The molecule has 1 aromatic heterocycles. The Labute approximate surface area is 98.1 Å². The molecule has 1 atom stereocenters. The Morgan fingerprint density at radius 3 is 2.69 bits per heavy atom. The Morgan fingerprint density at radius 1 is 1.69 bits per heavy atom. The van der Waals surface area contributed by atoms with Gasteiger partial charge < -0.3 is 9.84 Å². The summed E-state index contributed by atoms with van der Waals surface area (Å²) >= 11 is 1.38. The molecule has 0 radical (unpaired) electrons. The van der Waals surface area contributed by atoms with Gasteiger partial charge in [-0.15, -0.1) is 11.3 Å². The maximum Gasteiger partial charge on any atom is 0.333 e. The predicted octanol–water partition coefficient (Wildman–Crippen LogP) is 2.00. The third-order valence-corrected chi connectivity index (χ3v) is 3.75. The molecule has 1 unspecified atom stereocenters. The second-order valence-electron chi connectivity index (χ2n) is 3.99. The Kier molecular flexibility index (Phi) is 3.68. The fourth-order valence-electron chi connectivity index (χ4n) is 1.57. The minimum Gasteiger partial charge on any atom is -0.479 e. The molecular formula is C11H13NO3S. The summed E-state index contributed by atoms with van der Waals surface area (Å²) in [6.07, 6.45) is -0.919. The van der Waals surface area contributed by atoms with E-state index in [1.54, 1.807) is 25.3 Å². The molecule has 5 heteroatoms. The number of carboxylic acids is 1. The van der Waals surface area contributed by atoms with Gasteiger partial charge in [0, 0.05) is 22.8 Å². The fourth-order valence-corrected chi connectivity index (χ4v) is 2.55. The van der Waals surface area contributed by atoms with Crippen LogP contribution in [0.4, 0.5) is 0 Å². The highest BCUT2D eigenvalue weighted by molar-refractivity contribution is 7.10. The van der Waals surface area contributed by atoms with Gasteiger partial charge >= 0.3 is 5.97 Å². The quantitative estimate of drug-likeness (QED) is 0.872. The van der Waals surface area contributed by atoms with E-state index in [2.05, 4.69) is 0 Å². The molecule has 1 N–H and O–H groups in total. The number of methoxy groups -OCH3 is 1. The third-order valence-electron chi connectivity index (χ3n) is 2.48. The predicted molar refractivity (Wildman–Crippen MR) is 60.5 cm³/mol. The van der Waals surface area contributed by atoms with Gasteiger partial charge in [-0.1, -0.05) is 13.8 Å². The van der Waals surface area contributed by atoms with Crippen LogP contribution in [-0.4, -0.2) is 24.3 Å². The van der Waals surface area contributed by atoms with E-state index in [4.69, 9.17) is 15.1 Å². The molecule has 0 aliphatic carbocycles. The molecule has 0 amide bonds. The number of nitriles is 1. The monoisotopic (exact) mass is 239 g/mol. The smallest absolute Gasteiger partial charge is 0.333 e. The maximum atomic E-state index is 11.0. The van der Waals surface area contributed by atoms with Crippen molar-refractivity contribution >= 4 is 17.3 Å². The molecule has 1 heterocycles. The van der Waals surface area contributed by atoms with Gasteiger partial charge in [0.15, 0.2) is 6.10 Å². The van der Waals surface area contributed by atoms with Crippen LogP contribution in [0.5, 0.6) is 0 Å². The first-order valence-electron chi connectivity index (χ1n) is 4.68. The van der Waals surface area contributed by atoms with E-state index in [1.165, 1.54) is 18.4 Å². The van der Waals surface area contributed by atoms with Crippen LogP contribution in [-0.2, 0) is 14.9 Å². The molecule has 0 fully saturated rings. The van der Waals surface area contributed by atoms with Crippen molar-refractivity contribution in [2.24, 2.45) is 0 Å². The third kappa shape index (κ3) is 2.23. The van der Waals surface area contributed by atoms with Gasteiger partial charge in [-0.3, -0.25) is 0 Å². The Morgan fingerprint density at radius 2 is 2.31 bits per heavy atom. The lowest BCUT2D eigenvalue weighted by atomic mass is 9.84. The topological polar surface area (TPSA) is 70.3 Å². The van der Waals surface area contributed by atoms with Gasteiger partial charge in [-0.05, 0) is 6.07 Å². The van der Waals surface area contributed by atoms with E-state index in [1.807, 2.05) is 6.07 Å². The van der Waals surface area contributed by atoms with Crippen molar-refractivity contribution in [1.82, 2.24) is 0 Å². The highest BCUT2D eigenvalue weighted by Gasteiger charge is 2.38. The van der Waals surface area contributed by atoms with E-state index in [9.17, 15) is 4.79 Å². The summed E-state index contributed by atoms with van der Waals surface area (Å²) in [5.74, 6) is -1.00. The first kappa shape index (κ1) is 12.7. The van der Waals surface area contributed by atoms with Crippen molar-refractivity contribution < 1.29 is 14.6 Å². The second-order valence-corrected chi connectivity index (χ2v) is 4.90. The molecule has 0 bridgehead atoms. The fraction of sp³-hybridized carbons (Fsp3) is 0.455. The van der Waals surface area contributed by atoms with Crippen LogP contribution in [0.25, 0.3) is 0 Å². The SMILES string of the molecule is COC(C(=O)O)C(C)(C)c1cc(C#N)cs1. The summed E-state index contributed by atoms with van der Waals surface area (Å²) in [4.78, 5) is 11.9. The van der Waals surface area contributed by atoms with Crippen molar-refractivity contribution in [1.29, 1.82) is 5.26 Å². The highest BCUT2D eigenvalue weighted by atomic mass is 32.1. The number of thiophene rings is 1. The average Bonchev–Trinajstić information content (AvgIpc) is 2.66. The van der Waals surface area contributed by atoms with Gasteiger partial charge in [-0.2, -0.15) is 5.26 Å². The van der Waals surface area contributed by atoms with Crippen molar-refractivity contribution in [3.63, 3.8) is 0 Å². The van der Waals surface area contributed by atoms with Gasteiger partial charge in [0.25, 0.3) is 0 Å². The lowest BCUT2D eigenvalue weighted by Crippen LogP contribution is -2.40. The van der Waals surface area contributed by atoms with Crippen LogP contribution in [0, 0.1) is 11.3 Å². The number of carboxylic acid groups (broad SMARTS) is 1. The van der Waals surface area contributed by atoms with Crippen molar-refractivity contribution in [2.75, 3.05) is 7.11 Å². The number of ether oxygens (including phenoxy) is 1. The second kappa shape index (κ2) is 4.64. The van der Waals surface area contributed by atoms with Crippen molar-refractivity contribution in [2.45, 2.75) is 25.4 Å². The van der Waals surface area contributed by atoms with Crippen LogP contribution in [0.1, 0.15) is 24.3 Å². The van der Waals surface area contributed by atoms with Gasteiger partial charge in [0.2, 0.25) is 0 Å². The van der Waals surface area contributed by atoms with Crippen LogP contribution in [0.3, 0.4) is 0 Å². The average molecular weight is 239 g/mol. The molecule has 86 valence electrons. The number of rotatable bonds is 4. The minimum absolute atomic E-state index is 0.549. The van der Waals surface area contributed by atoms with Gasteiger partial charge in [0.1, 0.15) is 6.07 Å². The molecule has 1 aromatic rings. The molecule has 0 aliphatic heterocycles. The van der Waals surface area contributed by atoms with Crippen LogP contribution in [0.15, 0.2) is 11.4 Å². The standard InChI is InChI=1S/C11H13NO3S/c1-11(2,9(15-3)10(13)14)8-4-7(5-12)6-16-8/h4,6,9H,1-3H3,(H,13,14). The Balaban J connectivity index is 3.09. The Hall–Kier alpha value is -1.38. The van der Waals surface area contributed by atoms with Crippen LogP contribution in [0.2, 0.25) is 0 Å². The summed E-state index contributed by atoms with van der Waals surface area (Å²) in [5.41, 5.74) is -0.103. The lowest BCUT2D eigenvalue weighted by molar-refractivity contribution is -0.152. The molecule has 0 saturated carbocycles. The summed E-state index contributed by atoms with van der Waals surface area (Å²) in [6.45, 7) is 3.59. The number of carbonyl (C=O) groups is 1. The molecule has 0 aliphatic rings. The normalized spacial score (nSPS) is 13.1. The number of nitrogens with zero attached hydrogens (tertiary/aromatic N) is 1. The zero-order chi connectivity index (χ0) is 12.3. The molecule has 0 aromatic carbocycles. The highest BCUT2D eigenvalue weighted by Crippen LogP contribution is 2.33. The molecule has 4 nitrogen and oxygen atoms in total. The molecule has 16 heavy (non-hydrogen) atoms.